The second kappa shape index (κ2) is 3.24. The number of aromatic amines is 1. The Morgan fingerprint density at radius 2 is 1.93 bits per heavy atom. The molecule has 0 saturated heterocycles. The highest BCUT2D eigenvalue weighted by atomic mass is 15.0. The van der Waals surface area contributed by atoms with E-state index in [1.807, 2.05) is 6.20 Å². The third-order valence-electron chi connectivity index (χ3n) is 2.77. The van der Waals surface area contributed by atoms with Gasteiger partial charge in [0.25, 0.3) is 0 Å². The molecule has 0 saturated carbocycles. The van der Waals surface area contributed by atoms with Gasteiger partial charge in [-0.3, -0.25) is 0 Å². The molecule has 2 heterocycles. The number of hydrogen-bond donors (Lipinski definition) is 2. The van der Waals surface area contributed by atoms with E-state index >= 15 is 0 Å². The summed E-state index contributed by atoms with van der Waals surface area (Å²) in [6.45, 7) is 8.95. The van der Waals surface area contributed by atoms with E-state index in [4.69, 9.17) is 0 Å². The number of nitrogens with one attached hydrogen (secondary N) is 2. The molecular weight excluding hydrogens is 184 g/mol. The Hall–Kier alpha value is -1.02. The fourth-order valence-electron chi connectivity index (χ4n) is 2.62. The molecule has 0 spiro atoms. The molecular formula is C13H20N2. The van der Waals surface area contributed by atoms with Crippen LogP contribution in [0.15, 0.2) is 24.4 Å². The Labute approximate surface area is 91.8 Å². The molecule has 1 aliphatic rings. The zero-order valence-electron chi connectivity index (χ0n) is 10.0. The van der Waals surface area contributed by atoms with Crippen molar-refractivity contribution in [3.05, 3.63) is 30.1 Å². The minimum absolute atomic E-state index is 0.0716. The molecule has 0 aromatic carbocycles. The Morgan fingerprint density at radius 3 is 2.47 bits per heavy atom. The molecule has 1 aromatic heterocycles. The normalized spacial score (nSPS) is 23.6. The van der Waals surface area contributed by atoms with Gasteiger partial charge in [0.2, 0.25) is 0 Å². The highest BCUT2D eigenvalue weighted by Crippen LogP contribution is 2.32. The molecule has 0 aliphatic carbocycles. The maximum atomic E-state index is 3.63. The van der Waals surface area contributed by atoms with Crippen LogP contribution in [-0.2, 0) is 0 Å². The van der Waals surface area contributed by atoms with Crippen molar-refractivity contribution in [1.82, 2.24) is 10.3 Å². The lowest BCUT2D eigenvalue weighted by atomic mass is 9.82. The van der Waals surface area contributed by atoms with Gasteiger partial charge in [0.05, 0.1) is 0 Å². The number of H-pyrrole nitrogens is 1. The summed E-state index contributed by atoms with van der Waals surface area (Å²) in [7, 11) is 0. The lowest BCUT2D eigenvalue weighted by Gasteiger charge is -2.41. The lowest BCUT2D eigenvalue weighted by Crippen LogP contribution is -2.53. The first-order valence-corrected chi connectivity index (χ1v) is 5.53. The molecule has 2 heteroatoms. The van der Waals surface area contributed by atoms with E-state index in [1.165, 1.54) is 11.3 Å². The molecule has 2 nitrogen and oxygen atoms in total. The maximum absolute atomic E-state index is 3.63. The maximum Gasteiger partial charge on any atom is 0.0411 e. The van der Waals surface area contributed by atoms with Crippen LogP contribution in [0.2, 0.25) is 0 Å². The largest absolute Gasteiger partial charge is 0.361 e. The highest BCUT2D eigenvalue weighted by Gasteiger charge is 2.32. The molecule has 0 radical (unpaired) electrons. The topological polar surface area (TPSA) is 27.8 Å². The van der Waals surface area contributed by atoms with Crippen LogP contribution in [-0.4, -0.2) is 16.1 Å². The van der Waals surface area contributed by atoms with E-state index < -0.39 is 0 Å². The van der Waals surface area contributed by atoms with Gasteiger partial charge in [-0.05, 0) is 51.8 Å². The van der Waals surface area contributed by atoms with Gasteiger partial charge < -0.3 is 10.3 Å². The van der Waals surface area contributed by atoms with Gasteiger partial charge >= 0.3 is 0 Å². The second-order valence-corrected chi connectivity index (χ2v) is 5.66. The quantitative estimate of drug-likeness (QED) is 0.723. The summed E-state index contributed by atoms with van der Waals surface area (Å²) in [6, 6.07) is 4.20. The van der Waals surface area contributed by atoms with Crippen LogP contribution >= 0.6 is 0 Å². The molecule has 15 heavy (non-hydrogen) atoms. The first-order valence-electron chi connectivity index (χ1n) is 5.53. The summed E-state index contributed by atoms with van der Waals surface area (Å²) in [4.78, 5) is 3.29. The highest BCUT2D eigenvalue weighted by molar-refractivity contribution is 5.66. The number of aromatic nitrogens is 1. The minimum Gasteiger partial charge on any atom is -0.361 e. The molecule has 0 fully saturated rings. The Balaban J connectivity index is 2.37. The van der Waals surface area contributed by atoms with Crippen molar-refractivity contribution in [2.75, 3.05) is 0 Å². The van der Waals surface area contributed by atoms with Crippen molar-refractivity contribution in [1.29, 1.82) is 0 Å². The van der Waals surface area contributed by atoms with E-state index in [1.54, 1.807) is 0 Å². The van der Waals surface area contributed by atoms with Crippen LogP contribution in [0.5, 0.6) is 0 Å². The van der Waals surface area contributed by atoms with Crippen molar-refractivity contribution < 1.29 is 0 Å². The van der Waals surface area contributed by atoms with Crippen LogP contribution in [0.3, 0.4) is 0 Å². The summed E-state index contributed by atoms with van der Waals surface area (Å²) in [6.07, 6.45) is 5.37. The van der Waals surface area contributed by atoms with E-state index in [0.29, 0.717) is 0 Å². The van der Waals surface area contributed by atoms with E-state index in [2.05, 4.69) is 56.2 Å². The minimum atomic E-state index is 0.0716. The fraction of sp³-hybridized carbons (Fsp3) is 0.538. The summed E-state index contributed by atoms with van der Waals surface area (Å²) in [5.74, 6) is 0. The number of rotatable bonds is 1. The van der Waals surface area contributed by atoms with Gasteiger partial charge in [0.15, 0.2) is 0 Å². The predicted molar refractivity (Wildman–Crippen MR) is 64.7 cm³/mol. The van der Waals surface area contributed by atoms with E-state index in [-0.39, 0.29) is 11.1 Å². The third kappa shape index (κ3) is 2.32. The van der Waals surface area contributed by atoms with Gasteiger partial charge in [-0.25, -0.2) is 0 Å². The molecule has 1 aliphatic heterocycles. The SMILES string of the molecule is CC1(C)C=C(c2ccc[nH]2)CC(C)(C)N1. The van der Waals surface area contributed by atoms with Crippen molar-refractivity contribution in [2.45, 2.75) is 45.2 Å². The summed E-state index contributed by atoms with van der Waals surface area (Å²) >= 11 is 0. The van der Waals surface area contributed by atoms with Gasteiger partial charge in [0.1, 0.15) is 0 Å². The van der Waals surface area contributed by atoms with E-state index in [0.717, 1.165) is 6.42 Å². The van der Waals surface area contributed by atoms with Crippen molar-refractivity contribution in [3.63, 3.8) is 0 Å². The van der Waals surface area contributed by atoms with Gasteiger partial charge in [-0.1, -0.05) is 6.08 Å². The fourth-order valence-corrected chi connectivity index (χ4v) is 2.62. The predicted octanol–water partition coefficient (Wildman–Crippen LogP) is 2.95. The zero-order chi connectivity index (χ0) is 11.1. The summed E-state index contributed by atoms with van der Waals surface area (Å²) in [5, 5.41) is 3.63. The smallest absolute Gasteiger partial charge is 0.0411 e. The van der Waals surface area contributed by atoms with Crippen LogP contribution in [0.1, 0.15) is 39.8 Å². The van der Waals surface area contributed by atoms with E-state index in [9.17, 15) is 0 Å². The van der Waals surface area contributed by atoms with Gasteiger partial charge in [-0.15, -0.1) is 0 Å². The van der Waals surface area contributed by atoms with Crippen LogP contribution < -0.4 is 5.32 Å². The molecule has 0 bridgehead atoms. The average Bonchev–Trinajstić information content (AvgIpc) is 2.48. The van der Waals surface area contributed by atoms with Crippen LogP contribution in [0, 0.1) is 0 Å². The Morgan fingerprint density at radius 1 is 1.20 bits per heavy atom. The van der Waals surface area contributed by atoms with Crippen molar-refractivity contribution >= 4 is 5.57 Å². The number of hydrogen-bond acceptors (Lipinski definition) is 1. The molecule has 0 atom stereocenters. The molecule has 1 aromatic rings. The zero-order valence-corrected chi connectivity index (χ0v) is 10.0. The van der Waals surface area contributed by atoms with Gasteiger partial charge in [-0.2, -0.15) is 0 Å². The molecule has 2 rings (SSSR count). The standard InChI is InChI=1S/C13H20N2/c1-12(2)8-10(9-13(3,4)15-12)11-6-5-7-14-11/h5-8,14-15H,9H2,1-4H3. The molecule has 2 N–H and O–H groups in total. The first-order chi connectivity index (χ1) is 6.88. The summed E-state index contributed by atoms with van der Waals surface area (Å²) < 4.78 is 0. The molecule has 0 unspecified atom stereocenters. The van der Waals surface area contributed by atoms with Crippen LogP contribution in [0.4, 0.5) is 0 Å². The Kier molecular flexibility index (Phi) is 2.27. The van der Waals surface area contributed by atoms with Gasteiger partial charge in [0, 0.05) is 23.0 Å². The first kappa shape index (κ1) is 10.5. The molecule has 82 valence electrons. The average molecular weight is 204 g/mol. The van der Waals surface area contributed by atoms with Crippen LogP contribution in [0.25, 0.3) is 5.57 Å². The summed E-state index contributed by atoms with van der Waals surface area (Å²) in [5.41, 5.74) is 2.90. The lowest BCUT2D eigenvalue weighted by molar-refractivity contribution is 0.297. The monoisotopic (exact) mass is 204 g/mol. The van der Waals surface area contributed by atoms with Crippen molar-refractivity contribution in [3.8, 4) is 0 Å². The second-order valence-electron chi connectivity index (χ2n) is 5.66. The van der Waals surface area contributed by atoms with Crippen molar-refractivity contribution in [2.24, 2.45) is 0 Å². The Bertz CT molecular complexity index is 369. The third-order valence-corrected chi connectivity index (χ3v) is 2.77. The molecule has 0 amide bonds.